The largest absolute Gasteiger partial charge is 0.476 e. The number of aromatic nitrogens is 1. The highest BCUT2D eigenvalue weighted by Crippen LogP contribution is 2.23. The zero-order chi connectivity index (χ0) is 13.8. The molecular weight excluding hydrogens is 280 g/mol. The third-order valence-corrected chi connectivity index (χ3v) is 5.21. The number of nitrogens with zero attached hydrogens (tertiary/aromatic N) is 2. The van der Waals surface area contributed by atoms with E-state index < -0.39 is 21.7 Å². The van der Waals surface area contributed by atoms with E-state index in [4.69, 9.17) is 10.2 Å². The van der Waals surface area contributed by atoms with Crippen LogP contribution in [0.3, 0.4) is 0 Å². The van der Waals surface area contributed by atoms with Crippen molar-refractivity contribution in [1.82, 2.24) is 9.29 Å². The summed E-state index contributed by atoms with van der Waals surface area (Å²) >= 11 is 0.727. The molecule has 0 bridgehead atoms. The van der Waals surface area contributed by atoms with Crippen LogP contribution < -0.4 is 0 Å². The van der Waals surface area contributed by atoms with E-state index in [1.54, 1.807) is 0 Å². The third kappa shape index (κ3) is 2.93. The molecule has 0 fully saturated rings. The van der Waals surface area contributed by atoms with Gasteiger partial charge in [0.1, 0.15) is 0 Å². The lowest BCUT2D eigenvalue weighted by atomic mass is 10.5. The SMILES string of the molecule is C=CCN(CCO)S(=O)(=O)c1scnc1C(=O)O. The quantitative estimate of drug-likeness (QED) is 0.685. The number of hydrogen-bond acceptors (Lipinski definition) is 6. The standard InChI is InChI=1S/C9H12N2O5S2/c1-2-3-11(4-5-12)18(15,16)9-7(8(13)14)10-6-17-9/h2,6,12H,1,3-5H2,(H,13,14). The van der Waals surface area contributed by atoms with Gasteiger partial charge >= 0.3 is 5.97 Å². The fourth-order valence-electron chi connectivity index (χ4n) is 1.24. The fourth-order valence-corrected chi connectivity index (χ4v) is 3.92. The van der Waals surface area contributed by atoms with Crippen LogP contribution in [0, 0.1) is 0 Å². The second kappa shape index (κ2) is 6.05. The van der Waals surface area contributed by atoms with Gasteiger partial charge in [0, 0.05) is 13.1 Å². The molecule has 2 N–H and O–H groups in total. The first kappa shape index (κ1) is 14.8. The summed E-state index contributed by atoms with van der Waals surface area (Å²) in [5.41, 5.74) is 0.647. The smallest absolute Gasteiger partial charge is 0.356 e. The van der Waals surface area contributed by atoms with E-state index in [2.05, 4.69) is 11.6 Å². The Balaban J connectivity index is 3.21. The normalized spacial score (nSPS) is 11.7. The van der Waals surface area contributed by atoms with Gasteiger partial charge in [-0.05, 0) is 0 Å². The van der Waals surface area contributed by atoms with Crippen molar-refractivity contribution in [1.29, 1.82) is 0 Å². The minimum Gasteiger partial charge on any atom is -0.476 e. The molecule has 1 aromatic heterocycles. The minimum atomic E-state index is -3.98. The summed E-state index contributed by atoms with van der Waals surface area (Å²) in [5, 5.41) is 17.7. The van der Waals surface area contributed by atoms with Crippen molar-refractivity contribution in [2.45, 2.75) is 4.21 Å². The van der Waals surface area contributed by atoms with Gasteiger partial charge in [-0.1, -0.05) is 6.08 Å². The lowest BCUT2D eigenvalue weighted by Crippen LogP contribution is -2.34. The number of carbonyl (C=O) groups is 1. The molecule has 0 aromatic carbocycles. The average molecular weight is 292 g/mol. The molecular formula is C9H12N2O5S2. The highest BCUT2D eigenvalue weighted by molar-refractivity contribution is 7.91. The van der Waals surface area contributed by atoms with Gasteiger partial charge < -0.3 is 10.2 Å². The number of thiazole rings is 1. The molecule has 0 unspecified atom stereocenters. The van der Waals surface area contributed by atoms with Crippen LogP contribution in [0.5, 0.6) is 0 Å². The van der Waals surface area contributed by atoms with E-state index in [9.17, 15) is 13.2 Å². The van der Waals surface area contributed by atoms with Crippen LogP contribution in [0.25, 0.3) is 0 Å². The number of sulfonamides is 1. The lowest BCUT2D eigenvalue weighted by molar-refractivity contribution is 0.0687. The van der Waals surface area contributed by atoms with Crippen molar-refractivity contribution in [2.75, 3.05) is 19.7 Å². The molecule has 1 rings (SSSR count). The molecule has 0 amide bonds. The predicted octanol–water partition coefficient (Wildman–Crippen LogP) is 0.0103. The summed E-state index contributed by atoms with van der Waals surface area (Å²) in [6.07, 6.45) is 1.36. The maximum Gasteiger partial charge on any atom is 0.356 e. The van der Waals surface area contributed by atoms with Gasteiger partial charge in [-0.2, -0.15) is 4.31 Å². The topological polar surface area (TPSA) is 108 Å². The highest BCUT2D eigenvalue weighted by Gasteiger charge is 2.30. The highest BCUT2D eigenvalue weighted by atomic mass is 32.2. The molecule has 1 heterocycles. The van der Waals surface area contributed by atoms with Crippen LogP contribution in [0.4, 0.5) is 0 Å². The van der Waals surface area contributed by atoms with Crippen LogP contribution in [0.1, 0.15) is 10.5 Å². The number of hydrogen-bond donors (Lipinski definition) is 2. The Morgan fingerprint density at radius 2 is 2.28 bits per heavy atom. The molecule has 0 aliphatic heterocycles. The summed E-state index contributed by atoms with van der Waals surface area (Å²) in [4.78, 5) is 14.4. The van der Waals surface area contributed by atoms with Crippen molar-refractivity contribution >= 4 is 27.3 Å². The van der Waals surface area contributed by atoms with Gasteiger partial charge in [0.25, 0.3) is 10.0 Å². The van der Waals surface area contributed by atoms with Gasteiger partial charge in [0.05, 0.1) is 12.1 Å². The van der Waals surface area contributed by atoms with Crippen LogP contribution in [-0.2, 0) is 10.0 Å². The van der Waals surface area contributed by atoms with Crippen molar-refractivity contribution < 1.29 is 23.4 Å². The van der Waals surface area contributed by atoms with Crippen molar-refractivity contribution in [3.8, 4) is 0 Å². The van der Waals surface area contributed by atoms with Crippen molar-refractivity contribution in [2.24, 2.45) is 0 Å². The van der Waals surface area contributed by atoms with E-state index in [1.807, 2.05) is 0 Å². The summed E-state index contributed by atoms with van der Waals surface area (Å²) in [5.74, 6) is -1.41. The molecule has 100 valence electrons. The monoisotopic (exact) mass is 292 g/mol. The second-order valence-electron chi connectivity index (χ2n) is 3.17. The van der Waals surface area contributed by atoms with Crippen LogP contribution in [-0.4, -0.2) is 53.6 Å². The molecule has 9 heteroatoms. The Morgan fingerprint density at radius 1 is 1.61 bits per heavy atom. The summed E-state index contributed by atoms with van der Waals surface area (Å²) < 4.78 is 24.9. The molecule has 0 saturated carbocycles. The van der Waals surface area contributed by atoms with Crippen molar-refractivity contribution in [3.05, 3.63) is 23.9 Å². The van der Waals surface area contributed by atoms with Gasteiger partial charge in [0.2, 0.25) is 0 Å². The Bertz CT molecular complexity index is 537. The summed E-state index contributed by atoms with van der Waals surface area (Å²) in [7, 11) is -3.98. The molecule has 1 aromatic rings. The van der Waals surface area contributed by atoms with Crippen molar-refractivity contribution in [3.63, 3.8) is 0 Å². The Labute approximate surface area is 108 Å². The van der Waals surface area contributed by atoms with Gasteiger partial charge in [-0.15, -0.1) is 17.9 Å². The summed E-state index contributed by atoms with van der Waals surface area (Å²) in [6, 6.07) is 0. The maximum absolute atomic E-state index is 12.2. The number of carboxylic acid groups (broad SMARTS) is 1. The molecule has 0 saturated heterocycles. The predicted molar refractivity (Wildman–Crippen MR) is 65.1 cm³/mol. The zero-order valence-electron chi connectivity index (χ0n) is 9.31. The molecule has 18 heavy (non-hydrogen) atoms. The molecule has 7 nitrogen and oxygen atoms in total. The number of aromatic carboxylic acids is 1. The van der Waals surface area contributed by atoms with E-state index in [-0.39, 0.29) is 23.9 Å². The number of rotatable bonds is 7. The number of aliphatic hydroxyl groups is 1. The third-order valence-electron chi connectivity index (χ3n) is 1.99. The van der Waals surface area contributed by atoms with Gasteiger partial charge in [-0.3, -0.25) is 0 Å². The van der Waals surface area contributed by atoms with Crippen LogP contribution in [0.15, 0.2) is 22.4 Å². The number of carboxylic acids is 1. The molecule has 0 spiro atoms. The first-order chi connectivity index (χ1) is 8.45. The number of aliphatic hydroxyl groups excluding tert-OH is 1. The first-order valence-corrected chi connectivity index (χ1v) is 7.15. The first-order valence-electron chi connectivity index (χ1n) is 4.83. The van der Waals surface area contributed by atoms with Gasteiger partial charge in [-0.25, -0.2) is 18.2 Å². The Hall–Kier alpha value is -1.29. The molecule has 0 atom stereocenters. The summed E-state index contributed by atoms with van der Waals surface area (Å²) in [6.45, 7) is 2.90. The van der Waals surface area contributed by atoms with E-state index in [0.29, 0.717) is 0 Å². The lowest BCUT2D eigenvalue weighted by Gasteiger charge is -2.18. The van der Waals surface area contributed by atoms with E-state index in [0.717, 1.165) is 21.2 Å². The fraction of sp³-hybridized carbons (Fsp3) is 0.333. The average Bonchev–Trinajstić information content (AvgIpc) is 2.78. The van der Waals surface area contributed by atoms with Crippen LogP contribution in [0.2, 0.25) is 0 Å². The molecule has 0 radical (unpaired) electrons. The zero-order valence-corrected chi connectivity index (χ0v) is 10.9. The molecule has 0 aliphatic carbocycles. The maximum atomic E-state index is 12.2. The van der Waals surface area contributed by atoms with Gasteiger partial charge in [0.15, 0.2) is 9.90 Å². The second-order valence-corrected chi connectivity index (χ2v) is 6.16. The molecule has 0 aliphatic rings. The Morgan fingerprint density at radius 3 is 2.78 bits per heavy atom. The van der Waals surface area contributed by atoms with E-state index >= 15 is 0 Å². The minimum absolute atomic E-state index is 0.0140. The Kier molecular flexibility index (Phi) is 4.96. The van der Waals surface area contributed by atoms with Crippen LogP contribution >= 0.6 is 11.3 Å². The van der Waals surface area contributed by atoms with E-state index in [1.165, 1.54) is 6.08 Å².